The van der Waals surface area contributed by atoms with Gasteiger partial charge >= 0.3 is 0 Å². The number of nitrogens with one attached hydrogen (secondary N) is 2. The molecule has 1 amide bonds. The van der Waals surface area contributed by atoms with Crippen LogP contribution in [0.25, 0.3) is 5.69 Å². The number of ketones is 1. The molecule has 6 nitrogen and oxygen atoms in total. The van der Waals surface area contributed by atoms with Gasteiger partial charge in [-0.05, 0) is 49.6 Å². The Hall–Kier alpha value is -2.51. The second kappa shape index (κ2) is 10.3. The largest absolute Gasteiger partial charge is 0.385 e. The maximum absolute atomic E-state index is 13.6. The van der Waals surface area contributed by atoms with Crippen LogP contribution in [0.3, 0.4) is 0 Å². The van der Waals surface area contributed by atoms with Crippen molar-refractivity contribution in [2.45, 2.75) is 38.1 Å². The van der Waals surface area contributed by atoms with E-state index in [2.05, 4.69) is 10.6 Å². The van der Waals surface area contributed by atoms with E-state index < -0.39 is 0 Å². The molecule has 156 valence electrons. The van der Waals surface area contributed by atoms with E-state index in [1.165, 1.54) is 12.1 Å². The molecule has 1 aromatic heterocycles. The molecule has 1 aromatic carbocycles. The summed E-state index contributed by atoms with van der Waals surface area (Å²) in [5.74, 6) is -0.506. The summed E-state index contributed by atoms with van der Waals surface area (Å²) in [6.07, 6.45) is 6.57. The van der Waals surface area contributed by atoms with Crippen LogP contribution < -0.4 is 10.6 Å². The third-order valence-corrected chi connectivity index (χ3v) is 5.08. The fraction of sp³-hybridized carbons (Fsp3) is 0.455. The molecule has 1 atom stereocenters. The quantitative estimate of drug-likeness (QED) is 0.634. The Morgan fingerprint density at radius 3 is 2.93 bits per heavy atom. The molecule has 7 heteroatoms. The average Bonchev–Trinajstić information content (AvgIpc) is 3.13. The SMILES string of the molecule is COCCCC(=O)Cc1cn(-c2cccc(F)c2)cc1C(=O)N[C@H]1CCCNC1. The zero-order valence-electron chi connectivity index (χ0n) is 16.7. The normalized spacial score (nSPS) is 16.6. The van der Waals surface area contributed by atoms with Crippen molar-refractivity contribution in [2.75, 3.05) is 26.8 Å². The van der Waals surface area contributed by atoms with Crippen molar-refractivity contribution < 1.29 is 18.7 Å². The predicted octanol–water partition coefficient (Wildman–Crippen LogP) is 2.64. The Kier molecular flexibility index (Phi) is 7.55. The van der Waals surface area contributed by atoms with Crippen LogP contribution in [0.15, 0.2) is 36.7 Å². The molecular weight excluding hydrogens is 373 g/mol. The van der Waals surface area contributed by atoms with E-state index in [0.29, 0.717) is 36.3 Å². The minimum Gasteiger partial charge on any atom is -0.385 e. The zero-order chi connectivity index (χ0) is 20.6. The number of halogens is 1. The van der Waals surface area contributed by atoms with Gasteiger partial charge in [-0.3, -0.25) is 9.59 Å². The van der Waals surface area contributed by atoms with Crippen LogP contribution in [0.5, 0.6) is 0 Å². The third kappa shape index (κ3) is 5.98. The number of rotatable bonds is 9. The molecule has 1 aliphatic heterocycles. The Balaban J connectivity index is 1.81. The van der Waals surface area contributed by atoms with Gasteiger partial charge in [-0.15, -0.1) is 0 Å². The van der Waals surface area contributed by atoms with Crippen LogP contribution in [0.2, 0.25) is 0 Å². The van der Waals surface area contributed by atoms with Gasteiger partial charge in [0.05, 0.1) is 5.56 Å². The van der Waals surface area contributed by atoms with Crippen LogP contribution in [0, 0.1) is 5.82 Å². The summed E-state index contributed by atoms with van der Waals surface area (Å²) in [7, 11) is 1.60. The summed E-state index contributed by atoms with van der Waals surface area (Å²) in [4.78, 5) is 25.3. The number of Topliss-reactive ketones (excluding diaryl/α,β-unsaturated/α-hetero) is 1. The van der Waals surface area contributed by atoms with Crippen molar-refractivity contribution in [2.24, 2.45) is 0 Å². The second-order valence-electron chi connectivity index (χ2n) is 7.41. The number of methoxy groups -OCH3 is 1. The fourth-order valence-corrected chi connectivity index (χ4v) is 3.58. The standard InChI is InChI=1S/C22H28FN3O3/c1-29-10-4-8-20(27)11-16-14-26(19-7-2-5-17(23)12-19)15-21(16)22(28)25-18-6-3-9-24-13-18/h2,5,7,12,14-15,18,24H,3-4,6,8-11,13H2,1H3,(H,25,28)/t18-/m0/s1. The van der Waals surface area contributed by atoms with Crippen molar-refractivity contribution in [1.82, 2.24) is 15.2 Å². The number of aromatic nitrogens is 1. The highest BCUT2D eigenvalue weighted by Crippen LogP contribution is 2.19. The first-order valence-corrected chi connectivity index (χ1v) is 10.1. The van der Waals surface area contributed by atoms with Crippen LogP contribution in [0.1, 0.15) is 41.6 Å². The van der Waals surface area contributed by atoms with Gasteiger partial charge in [-0.2, -0.15) is 0 Å². The minimum atomic E-state index is -0.354. The third-order valence-electron chi connectivity index (χ3n) is 5.08. The molecule has 0 spiro atoms. The van der Waals surface area contributed by atoms with E-state index in [4.69, 9.17) is 4.74 Å². The molecule has 0 saturated carbocycles. The summed E-state index contributed by atoms with van der Waals surface area (Å²) in [5.41, 5.74) is 1.72. The molecule has 3 rings (SSSR count). The number of ether oxygens (including phenoxy) is 1. The van der Waals surface area contributed by atoms with Gasteiger partial charge in [-0.25, -0.2) is 4.39 Å². The number of nitrogens with zero attached hydrogens (tertiary/aromatic N) is 1. The molecule has 2 aromatic rings. The number of amides is 1. The van der Waals surface area contributed by atoms with Crippen LogP contribution in [0.4, 0.5) is 4.39 Å². The summed E-state index contributed by atoms with van der Waals surface area (Å²) >= 11 is 0. The van der Waals surface area contributed by atoms with Gasteiger partial charge in [-0.1, -0.05) is 6.07 Å². The summed E-state index contributed by atoms with van der Waals surface area (Å²) in [6, 6.07) is 6.22. The van der Waals surface area contributed by atoms with E-state index in [1.807, 2.05) is 0 Å². The zero-order valence-corrected chi connectivity index (χ0v) is 16.7. The lowest BCUT2D eigenvalue weighted by Gasteiger charge is -2.23. The van der Waals surface area contributed by atoms with Crippen LogP contribution >= 0.6 is 0 Å². The van der Waals surface area contributed by atoms with E-state index >= 15 is 0 Å². The Morgan fingerprint density at radius 2 is 2.21 bits per heavy atom. The van der Waals surface area contributed by atoms with E-state index in [1.54, 1.807) is 36.2 Å². The number of carbonyl (C=O) groups excluding carboxylic acids is 2. The lowest BCUT2D eigenvalue weighted by atomic mass is 10.0. The Labute approximate surface area is 170 Å². The molecule has 2 N–H and O–H groups in total. The number of hydrogen-bond donors (Lipinski definition) is 2. The Bertz CT molecular complexity index is 844. The first-order valence-electron chi connectivity index (χ1n) is 10.1. The molecule has 0 aliphatic carbocycles. The lowest BCUT2D eigenvalue weighted by Crippen LogP contribution is -2.45. The summed E-state index contributed by atoms with van der Waals surface area (Å²) in [6.45, 7) is 2.23. The van der Waals surface area contributed by atoms with E-state index in [9.17, 15) is 14.0 Å². The van der Waals surface area contributed by atoms with Crippen LogP contribution in [-0.4, -0.2) is 49.1 Å². The average molecular weight is 401 g/mol. The first kappa shape index (κ1) is 21.2. The molecule has 1 saturated heterocycles. The van der Waals surface area contributed by atoms with Gasteiger partial charge in [0.25, 0.3) is 5.91 Å². The van der Waals surface area contributed by atoms with E-state index in [0.717, 1.165) is 25.9 Å². The minimum absolute atomic E-state index is 0.0485. The maximum Gasteiger partial charge on any atom is 0.253 e. The topological polar surface area (TPSA) is 72.4 Å². The highest BCUT2D eigenvalue weighted by atomic mass is 19.1. The van der Waals surface area contributed by atoms with Crippen LogP contribution in [-0.2, 0) is 16.0 Å². The summed E-state index contributed by atoms with van der Waals surface area (Å²) < 4.78 is 20.3. The molecule has 0 radical (unpaired) electrons. The number of carbonyl (C=O) groups is 2. The molecule has 0 bridgehead atoms. The van der Waals surface area contributed by atoms with Crippen molar-refractivity contribution in [3.8, 4) is 5.69 Å². The number of hydrogen-bond acceptors (Lipinski definition) is 4. The summed E-state index contributed by atoms with van der Waals surface area (Å²) in [5, 5.41) is 6.33. The smallest absolute Gasteiger partial charge is 0.253 e. The Morgan fingerprint density at radius 1 is 1.34 bits per heavy atom. The number of piperidine rings is 1. The molecule has 0 unspecified atom stereocenters. The molecular formula is C22H28FN3O3. The van der Waals surface area contributed by atoms with Gasteiger partial charge in [0, 0.05) is 57.2 Å². The van der Waals surface area contributed by atoms with Gasteiger partial charge in [0.15, 0.2) is 0 Å². The molecule has 1 fully saturated rings. The first-order chi connectivity index (χ1) is 14.1. The second-order valence-corrected chi connectivity index (χ2v) is 7.41. The maximum atomic E-state index is 13.6. The fourth-order valence-electron chi connectivity index (χ4n) is 3.58. The van der Waals surface area contributed by atoms with Crippen molar-refractivity contribution in [1.29, 1.82) is 0 Å². The molecule has 2 heterocycles. The highest BCUT2D eigenvalue weighted by molar-refractivity contribution is 5.97. The monoisotopic (exact) mass is 401 g/mol. The van der Waals surface area contributed by atoms with E-state index in [-0.39, 0.29) is 30.0 Å². The highest BCUT2D eigenvalue weighted by Gasteiger charge is 2.21. The van der Waals surface area contributed by atoms with Crippen molar-refractivity contribution in [3.05, 3.63) is 53.6 Å². The van der Waals surface area contributed by atoms with Crippen molar-refractivity contribution >= 4 is 11.7 Å². The predicted molar refractivity (Wildman–Crippen MR) is 109 cm³/mol. The van der Waals surface area contributed by atoms with Gasteiger partial charge < -0.3 is 19.9 Å². The van der Waals surface area contributed by atoms with Crippen molar-refractivity contribution in [3.63, 3.8) is 0 Å². The van der Waals surface area contributed by atoms with Gasteiger partial charge in [0.1, 0.15) is 11.6 Å². The number of benzene rings is 1. The van der Waals surface area contributed by atoms with Gasteiger partial charge in [0.2, 0.25) is 0 Å². The molecule has 29 heavy (non-hydrogen) atoms. The molecule has 1 aliphatic rings. The lowest BCUT2D eigenvalue weighted by molar-refractivity contribution is -0.118.